The number of phenols is 1. The van der Waals surface area contributed by atoms with Crippen molar-refractivity contribution in [1.82, 2.24) is 0 Å². The molecule has 0 saturated heterocycles. The summed E-state index contributed by atoms with van der Waals surface area (Å²) in [5.41, 5.74) is 5.34. The van der Waals surface area contributed by atoms with Gasteiger partial charge in [-0.1, -0.05) is 38.1 Å². The van der Waals surface area contributed by atoms with Crippen LogP contribution in [0.5, 0.6) is 5.75 Å². The van der Waals surface area contributed by atoms with Gasteiger partial charge in [-0.2, -0.15) is 0 Å². The van der Waals surface area contributed by atoms with E-state index in [0.29, 0.717) is 17.6 Å². The third-order valence-corrected chi connectivity index (χ3v) is 4.44. The normalized spacial score (nSPS) is 17.4. The molecule has 0 spiro atoms. The SMILES string of the molecule is CC(C)C1CCNc2ccc(Cc3ccc(O)cc3)cc21. The maximum absolute atomic E-state index is 9.37. The number of anilines is 1. The van der Waals surface area contributed by atoms with E-state index in [2.05, 4.69) is 37.4 Å². The molecule has 1 heterocycles. The van der Waals surface area contributed by atoms with E-state index in [1.165, 1.54) is 28.8 Å². The van der Waals surface area contributed by atoms with Crippen LogP contribution in [0.2, 0.25) is 0 Å². The Hall–Kier alpha value is -1.96. The van der Waals surface area contributed by atoms with Crippen LogP contribution < -0.4 is 5.32 Å². The molecule has 1 aliphatic heterocycles. The molecule has 2 aromatic carbocycles. The number of aromatic hydroxyl groups is 1. The summed E-state index contributed by atoms with van der Waals surface area (Å²) in [5.74, 6) is 1.66. The minimum absolute atomic E-state index is 0.327. The van der Waals surface area contributed by atoms with Gasteiger partial charge in [-0.05, 0) is 59.6 Å². The van der Waals surface area contributed by atoms with E-state index >= 15 is 0 Å². The highest BCUT2D eigenvalue weighted by Crippen LogP contribution is 2.37. The minimum atomic E-state index is 0.327. The van der Waals surface area contributed by atoms with Crippen LogP contribution in [0.3, 0.4) is 0 Å². The molecule has 0 radical (unpaired) electrons. The smallest absolute Gasteiger partial charge is 0.115 e. The monoisotopic (exact) mass is 281 g/mol. The van der Waals surface area contributed by atoms with E-state index in [4.69, 9.17) is 0 Å². The zero-order chi connectivity index (χ0) is 14.8. The Morgan fingerprint density at radius 2 is 1.81 bits per heavy atom. The number of fused-ring (bicyclic) bond motifs is 1. The summed E-state index contributed by atoms with van der Waals surface area (Å²) in [7, 11) is 0. The Bertz CT molecular complexity index is 616. The van der Waals surface area contributed by atoms with Crippen molar-refractivity contribution in [2.45, 2.75) is 32.6 Å². The molecule has 2 aromatic rings. The molecule has 0 bridgehead atoms. The summed E-state index contributed by atoms with van der Waals surface area (Å²) in [5, 5.41) is 12.9. The fourth-order valence-corrected chi connectivity index (χ4v) is 3.25. The summed E-state index contributed by atoms with van der Waals surface area (Å²) < 4.78 is 0. The van der Waals surface area contributed by atoms with Crippen molar-refractivity contribution in [2.75, 3.05) is 11.9 Å². The zero-order valence-electron chi connectivity index (χ0n) is 12.8. The molecule has 1 unspecified atom stereocenters. The third kappa shape index (κ3) is 3.05. The third-order valence-electron chi connectivity index (χ3n) is 4.44. The number of benzene rings is 2. The summed E-state index contributed by atoms with van der Waals surface area (Å²) in [4.78, 5) is 0. The molecule has 3 rings (SSSR count). The van der Waals surface area contributed by atoms with Gasteiger partial charge in [0.15, 0.2) is 0 Å². The van der Waals surface area contributed by atoms with Crippen molar-refractivity contribution < 1.29 is 5.11 Å². The molecule has 110 valence electrons. The molecule has 1 atom stereocenters. The van der Waals surface area contributed by atoms with Crippen molar-refractivity contribution in [1.29, 1.82) is 0 Å². The summed E-state index contributed by atoms with van der Waals surface area (Å²) in [6, 6.07) is 14.3. The molecule has 2 heteroatoms. The number of rotatable bonds is 3. The van der Waals surface area contributed by atoms with Gasteiger partial charge in [0.05, 0.1) is 0 Å². The first-order chi connectivity index (χ1) is 10.1. The Morgan fingerprint density at radius 3 is 2.52 bits per heavy atom. The first kappa shape index (κ1) is 14.0. The van der Waals surface area contributed by atoms with Crippen LogP contribution in [0.25, 0.3) is 0 Å². The summed E-state index contributed by atoms with van der Waals surface area (Å²) >= 11 is 0. The van der Waals surface area contributed by atoms with E-state index in [0.717, 1.165) is 13.0 Å². The van der Waals surface area contributed by atoms with Gasteiger partial charge >= 0.3 is 0 Å². The largest absolute Gasteiger partial charge is 0.508 e. The lowest BCUT2D eigenvalue weighted by molar-refractivity contribution is 0.469. The molecular weight excluding hydrogens is 258 g/mol. The van der Waals surface area contributed by atoms with Gasteiger partial charge in [-0.3, -0.25) is 0 Å². The minimum Gasteiger partial charge on any atom is -0.508 e. The molecule has 21 heavy (non-hydrogen) atoms. The average Bonchev–Trinajstić information content (AvgIpc) is 2.49. The number of hydrogen-bond acceptors (Lipinski definition) is 2. The molecule has 0 aliphatic carbocycles. The van der Waals surface area contributed by atoms with E-state index in [9.17, 15) is 5.11 Å². The van der Waals surface area contributed by atoms with Crippen LogP contribution in [0.1, 0.15) is 42.9 Å². The zero-order valence-corrected chi connectivity index (χ0v) is 12.8. The molecule has 0 fully saturated rings. The average molecular weight is 281 g/mol. The van der Waals surface area contributed by atoms with Crippen LogP contribution in [0.4, 0.5) is 5.69 Å². The number of hydrogen-bond donors (Lipinski definition) is 2. The van der Waals surface area contributed by atoms with Crippen LogP contribution >= 0.6 is 0 Å². The van der Waals surface area contributed by atoms with Crippen LogP contribution in [-0.4, -0.2) is 11.7 Å². The highest BCUT2D eigenvalue weighted by Gasteiger charge is 2.22. The second-order valence-electron chi connectivity index (χ2n) is 6.33. The molecular formula is C19H23NO. The lowest BCUT2D eigenvalue weighted by atomic mass is 9.81. The molecule has 0 saturated carbocycles. The highest BCUT2D eigenvalue weighted by molar-refractivity contribution is 5.56. The van der Waals surface area contributed by atoms with Crippen LogP contribution in [0, 0.1) is 5.92 Å². The van der Waals surface area contributed by atoms with Gasteiger partial charge in [-0.15, -0.1) is 0 Å². The maximum atomic E-state index is 9.37. The topological polar surface area (TPSA) is 32.3 Å². The second kappa shape index (κ2) is 5.80. The van der Waals surface area contributed by atoms with Gasteiger partial charge in [-0.25, -0.2) is 0 Å². The molecule has 0 aromatic heterocycles. The van der Waals surface area contributed by atoms with Gasteiger partial charge in [0.1, 0.15) is 5.75 Å². The van der Waals surface area contributed by atoms with Crippen molar-refractivity contribution >= 4 is 5.69 Å². The Balaban J connectivity index is 1.87. The Labute approximate surface area is 126 Å². The second-order valence-corrected chi connectivity index (χ2v) is 6.33. The number of phenolic OH excluding ortho intramolecular Hbond substituents is 1. The maximum Gasteiger partial charge on any atom is 0.115 e. The van der Waals surface area contributed by atoms with Crippen molar-refractivity contribution in [3.05, 3.63) is 59.2 Å². The van der Waals surface area contributed by atoms with Crippen LogP contribution in [-0.2, 0) is 6.42 Å². The van der Waals surface area contributed by atoms with Gasteiger partial charge in [0.25, 0.3) is 0 Å². The predicted molar refractivity (Wildman–Crippen MR) is 88.0 cm³/mol. The van der Waals surface area contributed by atoms with Crippen molar-refractivity contribution in [3.63, 3.8) is 0 Å². The lowest BCUT2D eigenvalue weighted by Crippen LogP contribution is -2.20. The molecule has 2 N–H and O–H groups in total. The van der Waals surface area contributed by atoms with Gasteiger partial charge in [0, 0.05) is 12.2 Å². The molecule has 0 amide bonds. The number of nitrogens with one attached hydrogen (secondary N) is 1. The van der Waals surface area contributed by atoms with Gasteiger partial charge < -0.3 is 10.4 Å². The quantitative estimate of drug-likeness (QED) is 0.865. The van der Waals surface area contributed by atoms with Crippen molar-refractivity contribution in [3.8, 4) is 5.75 Å². The van der Waals surface area contributed by atoms with E-state index in [1.54, 1.807) is 12.1 Å². The first-order valence-electron chi connectivity index (χ1n) is 7.78. The van der Waals surface area contributed by atoms with E-state index < -0.39 is 0 Å². The highest BCUT2D eigenvalue weighted by atomic mass is 16.3. The molecule has 1 aliphatic rings. The Kier molecular flexibility index (Phi) is 3.87. The van der Waals surface area contributed by atoms with Crippen LogP contribution in [0.15, 0.2) is 42.5 Å². The van der Waals surface area contributed by atoms with Crippen molar-refractivity contribution in [2.24, 2.45) is 5.92 Å². The Morgan fingerprint density at radius 1 is 1.10 bits per heavy atom. The first-order valence-corrected chi connectivity index (χ1v) is 7.78. The standard InChI is InChI=1S/C19H23NO/c1-13(2)17-9-10-20-19-8-5-15(12-18(17)19)11-14-3-6-16(21)7-4-14/h3-8,12-13,17,20-21H,9-11H2,1-2H3. The molecule has 2 nitrogen and oxygen atoms in total. The van der Waals surface area contributed by atoms with E-state index in [-0.39, 0.29) is 0 Å². The fourth-order valence-electron chi connectivity index (χ4n) is 3.25. The summed E-state index contributed by atoms with van der Waals surface area (Å²) in [6.07, 6.45) is 2.13. The summed E-state index contributed by atoms with van der Waals surface area (Å²) in [6.45, 7) is 5.70. The van der Waals surface area contributed by atoms with Gasteiger partial charge in [0.2, 0.25) is 0 Å². The fraction of sp³-hybridized carbons (Fsp3) is 0.368. The van der Waals surface area contributed by atoms with E-state index in [1.807, 2.05) is 12.1 Å². The predicted octanol–water partition coefficient (Wildman–Crippen LogP) is 4.54. The lowest BCUT2D eigenvalue weighted by Gasteiger charge is -2.30.